The van der Waals surface area contributed by atoms with Crippen molar-refractivity contribution in [3.05, 3.63) is 46.9 Å². The van der Waals surface area contributed by atoms with Crippen molar-refractivity contribution in [3.8, 4) is 0 Å². The molecule has 2 amide bonds. The molecule has 0 aliphatic carbocycles. The monoisotopic (exact) mass is 385 g/mol. The third kappa shape index (κ3) is 4.42. The zero-order valence-electron chi connectivity index (χ0n) is 15.6. The lowest BCUT2D eigenvalue weighted by molar-refractivity contribution is 0.185. The lowest BCUT2D eigenvalue weighted by atomic mass is 10.2. The molecule has 6 nitrogen and oxygen atoms in total. The van der Waals surface area contributed by atoms with Gasteiger partial charge in [0.25, 0.3) is 0 Å². The van der Waals surface area contributed by atoms with Crippen LogP contribution in [-0.4, -0.2) is 66.6 Å². The van der Waals surface area contributed by atoms with E-state index in [1.807, 2.05) is 29.4 Å². The number of piperazine rings is 1. The van der Waals surface area contributed by atoms with Crippen LogP contribution in [0, 0.1) is 0 Å². The van der Waals surface area contributed by atoms with Crippen LogP contribution in [0.4, 0.5) is 10.5 Å². The number of rotatable bonds is 5. The summed E-state index contributed by atoms with van der Waals surface area (Å²) in [6.07, 6.45) is 6.15. The first-order valence-electron chi connectivity index (χ1n) is 9.76. The molecule has 2 aromatic rings. The summed E-state index contributed by atoms with van der Waals surface area (Å²) in [7, 11) is 0. The van der Waals surface area contributed by atoms with Crippen LogP contribution in [0.1, 0.15) is 23.8 Å². The van der Waals surface area contributed by atoms with Crippen LogP contribution < -0.4 is 10.2 Å². The fourth-order valence-electron chi connectivity index (χ4n) is 3.96. The van der Waals surface area contributed by atoms with Gasteiger partial charge in [-0.3, -0.25) is 9.88 Å². The Kier molecular flexibility index (Phi) is 5.89. The Bertz CT molecular complexity index is 709. The third-order valence-corrected chi connectivity index (χ3v) is 6.47. The van der Waals surface area contributed by atoms with E-state index in [-0.39, 0.29) is 6.03 Å². The maximum Gasteiger partial charge on any atom is 0.317 e. The van der Waals surface area contributed by atoms with Crippen molar-refractivity contribution >= 4 is 23.1 Å². The smallest absolute Gasteiger partial charge is 0.317 e. The molecule has 1 atom stereocenters. The van der Waals surface area contributed by atoms with E-state index in [9.17, 15) is 4.79 Å². The van der Waals surface area contributed by atoms with Gasteiger partial charge in [0.2, 0.25) is 0 Å². The van der Waals surface area contributed by atoms with Crippen molar-refractivity contribution in [3.63, 3.8) is 0 Å². The van der Waals surface area contributed by atoms with E-state index in [0.29, 0.717) is 12.6 Å². The first-order chi connectivity index (χ1) is 13.3. The van der Waals surface area contributed by atoms with E-state index in [0.717, 1.165) is 39.3 Å². The molecule has 0 bridgehead atoms. The molecule has 1 N–H and O–H groups in total. The van der Waals surface area contributed by atoms with Gasteiger partial charge in [0.1, 0.15) is 0 Å². The van der Waals surface area contributed by atoms with Crippen LogP contribution >= 0.6 is 11.3 Å². The molecule has 27 heavy (non-hydrogen) atoms. The minimum Gasteiger partial charge on any atom is -0.368 e. The number of thiophene rings is 1. The van der Waals surface area contributed by atoms with Gasteiger partial charge in [-0.1, -0.05) is 6.07 Å². The Morgan fingerprint density at radius 3 is 2.48 bits per heavy atom. The molecule has 0 saturated carbocycles. The average Bonchev–Trinajstić information content (AvgIpc) is 3.44. The van der Waals surface area contributed by atoms with Crippen LogP contribution in [0.2, 0.25) is 0 Å². The number of nitrogens with one attached hydrogen (secondary N) is 1. The Balaban J connectivity index is 1.30. The molecule has 0 spiro atoms. The molecule has 2 aromatic heterocycles. The van der Waals surface area contributed by atoms with E-state index >= 15 is 0 Å². The van der Waals surface area contributed by atoms with Crippen molar-refractivity contribution in [1.82, 2.24) is 20.1 Å². The second-order valence-corrected chi connectivity index (χ2v) is 8.12. The van der Waals surface area contributed by atoms with Crippen LogP contribution in [0.3, 0.4) is 0 Å². The summed E-state index contributed by atoms with van der Waals surface area (Å²) in [5.74, 6) is 0. The highest BCUT2D eigenvalue weighted by molar-refractivity contribution is 7.10. The largest absolute Gasteiger partial charge is 0.368 e. The molecule has 2 fully saturated rings. The number of anilines is 1. The standard InChI is InChI=1S/C20H27N5OS/c26-20(25-13-11-23(12-14-25)17-5-7-21-8-6-17)22-16-18(19-4-3-15-27-19)24-9-1-2-10-24/h3-8,15,18H,1-2,9-14,16H2,(H,22,26). The van der Waals surface area contributed by atoms with E-state index < -0.39 is 0 Å². The lowest BCUT2D eigenvalue weighted by Crippen LogP contribution is -2.52. The molecule has 7 heteroatoms. The maximum atomic E-state index is 12.7. The van der Waals surface area contributed by atoms with Crippen LogP contribution in [0.25, 0.3) is 0 Å². The molecule has 0 radical (unpaired) electrons. The fraction of sp³-hybridized carbons (Fsp3) is 0.500. The average molecular weight is 386 g/mol. The van der Waals surface area contributed by atoms with E-state index in [2.05, 4.69) is 37.6 Å². The quantitative estimate of drug-likeness (QED) is 0.860. The zero-order chi connectivity index (χ0) is 18.5. The topological polar surface area (TPSA) is 51.7 Å². The molecule has 0 aromatic carbocycles. The molecule has 144 valence electrons. The van der Waals surface area contributed by atoms with E-state index in [1.54, 1.807) is 11.3 Å². The predicted octanol–water partition coefficient (Wildman–Crippen LogP) is 2.81. The maximum absolute atomic E-state index is 12.7. The highest BCUT2D eigenvalue weighted by atomic mass is 32.1. The molecule has 4 heterocycles. The van der Waals surface area contributed by atoms with Gasteiger partial charge < -0.3 is 15.1 Å². The zero-order valence-corrected chi connectivity index (χ0v) is 16.4. The summed E-state index contributed by atoms with van der Waals surface area (Å²) in [5.41, 5.74) is 1.18. The number of aromatic nitrogens is 1. The van der Waals surface area contributed by atoms with Crippen molar-refractivity contribution < 1.29 is 4.79 Å². The van der Waals surface area contributed by atoms with Gasteiger partial charge in [-0.05, 0) is 49.5 Å². The summed E-state index contributed by atoms with van der Waals surface area (Å²) >= 11 is 1.78. The van der Waals surface area contributed by atoms with E-state index in [1.165, 1.54) is 23.4 Å². The molecular formula is C20H27N5OS. The highest BCUT2D eigenvalue weighted by Crippen LogP contribution is 2.28. The molecule has 2 aliphatic rings. The number of amides is 2. The van der Waals surface area contributed by atoms with Crippen molar-refractivity contribution in [2.24, 2.45) is 0 Å². The minimum atomic E-state index is 0.0603. The van der Waals surface area contributed by atoms with Gasteiger partial charge in [-0.25, -0.2) is 4.79 Å². The number of likely N-dealkylation sites (tertiary alicyclic amines) is 1. The first-order valence-corrected chi connectivity index (χ1v) is 10.6. The number of urea groups is 1. The molecule has 4 rings (SSSR count). The van der Waals surface area contributed by atoms with E-state index in [4.69, 9.17) is 0 Å². The van der Waals surface area contributed by atoms with Gasteiger partial charge in [-0.15, -0.1) is 11.3 Å². The second kappa shape index (κ2) is 8.71. The second-order valence-electron chi connectivity index (χ2n) is 7.14. The van der Waals surface area contributed by atoms with Crippen LogP contribution in [-0.2, 0) is 0 Å². The molecule has 2 aliphatic heterocycles. The number of nitrogens with zero attached hydrogens (tertiary/aromatic N) is 4. The van der Waals surface area contributed by atoms with Crippen molar-refractivity contribution in [1.29, 1.82) is 0 Å². The number of hydrogen-bond donors (Lipinski definition) is 1. The number of pyridine rings is 1. The van der Waals surface area contributed by atoms with Gasteiger partial charge in [0.15, 0.2) is 0 Å². The third-order valence-electron chi connectivity index (χ3n) is 5.49. The van der Waals surface area contributed by atoms with Crippen LogP contribution in [0.5, 0.6) is 0 Å². The first kappa shape index (κ1) is 18.3. The van der Waals surface area contributed by atoms with Gasteiger partial charge in [0, 0.05) is 55.7 Å². The summed E-state index contributed by atoms with van der Waals surface area (Å²) in [5, 5.41) is 5.32. The summed E-state index contributed by atoms with van der Waals surface area (Å²) in [6.45, 7) is 6.16. The summed E-state index contributed by atoms with van der Waals surface area (Å²) in [4.78, 5) is 24.9. The minimum absolute atomic E-state index is 0.0603. The highest BCUT2D eigenvalue weighted by Gasteiger charge is 2.26. The van der Waals surface area contributed by atoms with Gasteiger partial charge in [0.05, 0.1) is 6.04 Å². The normalized spacial score (nSPS) is 19.3. The number of carbonyl (C=O) groups excluding carboxylic acids is 1. The summed E-state index contributed by atoms with van der Waals surface area (Å²) in [6, 6.07) is 8.70. The number of hydrogen-bond acceptors (Lipinski definition) is 5. The Morgan fingerprint density at radius 1 is 1.07 bits per heavy atom. The Morgan fingerprint density at radius 2 is 1.81 bits per heavy atom. The SMILES string of the molecule is O=C(NCC(c1cccs1)N1CCCC1)N1CCN(c2ccncc2)CC1. The predicted molar refractivity (Wildman–Crippen MR) is 109 cm³/mol. The molecular weight excluding hydrogens is 358 g/mol. The Labute approximate surface area is 164 Å². The van der Waals surface area contributed by atoms with Crippen molar-refractivity contribution in [2.75, 3.05) is 50.7 Å². The van der Waals surface area contributed by atoms with Crippen LogP contribution in [0.15, 0.2) is 42.0 Å². The van der Waals surface area contributed by atoms with Crippen molar-refractivity contribution in [2.45, 2.75) is 18.9 Å². The lowest BCUT2D eigenvalue weighted by Gasteiger charge is -2.36. The molecule has 2 saturated heterocycles. The van der Waals surface area contributed by atoms with Gasteiger partial charge in [-0.2, -0.15) is 0 Å². The number of carbonyl (C=O) groups is 1. The Hall–Kier alpha value is -2.12. The summed E-state index contributed by atoms with van der Waals surface area (Å²) < 4.78 is 0. The van der Waals surface area contributed by atoms with Gasteiger partial charge >= 0.3 is 6.03 Å². The molecule has 1 unspecified atom stereocenters. The fourth-order valence-corrected chi connectivity index (χ4v) is 4.82.